The van der Waals surface area contributed by atoms with Crippen LogP contribution in [0.1, 0.15) is 70.3 Å². The first-order valence-corrected chi connectivity index (χ1v) is 19.5. The lowest BCUT2D eigenvalue weighted by Gasteiger charge is -2.37. The van der Waals surface area contributed by atoms with Gasteiger partial charge in [-0.05, 0) is 88.9 Å². The quantitative estimate of drug-likeness (QED) is 0.202. The van der Waals surface area contributed by atoms with E-state index in [0.29, 0.717) is 44.8 Å². The topological polar surface area (TPSA) is 132 Å². The van der Waals surface area contributed by atoms with Crippen molar-refractivity contribution in [1.29, 1.82) is 0 Å². The number of nitrogens with zero attached hydrogens (tertiary/aromatic N) is 4. The number of aliphatic hydroxyl groups excluding tert-OH is 1. The van der Waals surface area contributed by atoms with Gasteiger partial charge in [0.15, 0.2) is 0 Å². The van der Waals surface area contributed by atoms with Gasteiger partial charge in [-0.15, -0.1) is 0 Å². The summed E-state index contributed by atoms with van der Waals surface area (Å²) >= 11 is 0. The van der Waals surface area contributed by atoms with Crippen molar-refractivity contribution in [3.05, 3.63) is 83.9 Å². The van der Waals surface area contributed by atoms with E-state index < -0.39 is 17.2 Å². The number of amides is 2. The van der Waals surface area contributed by atoms with Crippen LogP contribution < -0.4 is 9.80 Å². The Morgan fingerprint density at radius 3 is 1.39 bits per heavy atom. The van der Waals surface area contributed by atoms with Gasteiger partial charge in [0.1, 0.15) is 11.2 Å². The summed E-state index contributed by atoms with van der Waals surface area (Å²) in [6.07, 6.45) is 2.02. The molecule has 3 aliphatic heterocycles. The molecule has 4 aromatic rings. The monoisotopic (exact) mass is 781 g/mol. The first-order chi connectivity index (χ1) is 26.6. The standard InChI is InChI=1S/C20H24N2O4.C20H26N2O3.C4H8O.B/c1-20(2,3)26-19(25)22-12-10-21(11-13-22)17-9-8-16(18(23)24)14-6-4-5-7-15(14)17;1-20(2,3)25-19(24)22-12-10-21(11-13-22)18-9-8-15(14-23)16-6-4-5-7-17(16)18;1-2-4-5-3-1;/h4-9H,10-13H2,1-3H3,(H,23,24);4-9,23H,10-14H2,1-3H3;1-4H2;. The molecule has 2 N–H and O–H groups in total. The summed E-state index contributed by atoms with van der Waals surface area (Å²) in [5.74, 6) is -0.928. The minimum Gasteiger partial charge on any atom is -0.478 e. The van der Waals surface area contributed by atoms with Crippen LogP contribution in [0.5, 0.6) is 0 Å². The van der Waals surface area contributed by atoms with Crippen molar-refractivity contribution in [3.8, 4) is 0 Å². The number of piperazine rings is 2. The molecule has 3 fully saturated rings. The van der Waals surface area contributed by atoms with Crippen LogP contribution in [-0.2, 0) is 20.8 Å². The van der Waals surface area contributed by atoms with Gasteiger partial charge >= 0.3 is 18.2 Å². The van der Waals surface area contributed by atoms with Crippen molar-refractivity contribution >= 4 is 59.5 Å². The average molecular weight is 782 g/mol. The Morgan fingerprint density at radius 2 is 1.00 bits per heavy atom. The van der Waals surface area contributed by atoms with E-state index in [9.17, 15) is 24.6 Å². The molecule has 57 heavy (non-hydrogen) atoms. The second-order valence-electron chi connectivity index (χ2n) is 16.2. The molecule has 0 aromatic heterocycles. The van der Waals surface area contributed by atoms with Gasteiger partial charge in [0.25, 0.3) is 0 Å². The normalized spacial score (nSPS) is 15.8. The number of carboxylic acids is 1. The van der Waals surface area contributed by atoms with Crippen LogP contribution >= 0.6 is 0 Å². The van der Waals surface area contributed by atoms with Crippen LogP contribution in [0, 0.1) is 0 Å². The largest absolute Gasteiger partial charge is 0.478 e. The minimum absolute atomic E-state index is 0. The molecule has 3 aliphatic rings. The highest BCUT2D eigenvalue weighted by molar-refractivity contribution is 6.08. The number of ether oxygens (including phenoxy) is 3. The number of carbonyl (C=O) groups excluding carboxylic acids is 2. The lowest BCUT2D eigenvalue weighted by Crippen LogP contribution is -2.50. The van der Waals surface area contributed by atoms with Crippen molar-refractivity contribution in [3.63, 3.8) is 0 Å². The molecule has 305 valence electrons. The van der Waals surface area contributed by atoms with E-state index >= 15 is 0 Å². The van der Waals surface area contributed by atoms with E-state index in [1.807, 2.05) is 96.1 Å². The van der Waals surface area contributed by atoms with Crippen molar-refractivity contribution in [1.82, 2.24) is 9.80 Å². The number of benzene rings is 4. The molecule has 3 heterocycles. The maximum Gasteiger partial charge on any atom is 0.410 e. The summed E-state index contributed by atoms with van der Waals surface area (Å²) in [6, 6.07) is 23.2. The fraction of sp³-hybridized carbons (Fsp3) is 0.477. The number of hydrogen-bond acceptors (Lipinski definition) is 9. The molecule has 7 rings (SSSR count). The Hall–Kier alpha value is -5.01. The molecule has 4 aromatic carbocycles. The van der Waals surface area contributed by atoms with E-state index in [2.05, 4.69) is 21.9 Å². The van der Waals surface area contributed by atoms with E-state index in [1.165, 1.54) is 12.8 Å². The molecular formula is C44H58BN4O8. The maximum absolute atomic E-state index is 12.2. The van der Waals surface area contributed by atoms with Gasteiger partial charge in [-0.3, -0.25) is 0 Å². The Labute approximate surface area is 338 Å². The lowest BCUT2D eigenvalue weighted by atomic mass is 10.0. The van der Waals surface area contributed by atoms with Crippen molar-refractivity contribution in [2.75, 3.05) is 75.4 Å². The van der Waals surface area contributed by atoms with Crippen LogP contribution in [0.3, 0.4) is 0 Å². The number of aliphatic hydroxyl groups is 1. The summed E-state index contributed by atoms with van der Waals surface area (Å²) in [4.78, 5) is 43.9. The van der Waals surface area contributed by atoms with Crippen LogP contribution in [0.25, 0.3) is 21.5 Å². The number of rotatable bonds is 4. The highest BCUT2D eigenvalue weighted by Gasteiger charge is 2.28. The highest BCUT2D eigenvalue weighted by Crippen LogP contribution is 2.32. The molecule has 0 bridgehead atoms. The maximum atomic E-state index is 12.2. The van der Waals surface area contributed by atoms with Crippen LogP contribution in [0.4, 0.5) is 21.0 Å². The predicted molar refractivity (Wildman–Crippen MR) is 227 cm³/mol. The molecule has 3 saturated heterocycles. The summed E-state index contributed by atoms with van der Waals surface area (Å²) in [7, 11) is 0. The zero-order valence-corrected chi connectivity index (χ0v) is 34.3. The second kappa shape index (κ2) is 19.9. The third-order valence-electron chi connectivity index (χ3n) is 9.66. The van der Waals surface area contributed by atoms with E-state index in [4.69, 9.17) is 14.2 Å². The fourth-order valence-corrected chi connectivity index (χ4v) is 6.93. The van der Waals surface area contributed by atoms with Crippen LogP contribution in [0.2, 0.25) is 0 Å². The molecule has 0 spiro atoms. The fourth-order valence-electron chi connectivity index (χ4n) is 6.93. The lowest BCUT2D eigenvalue weighted by molar-refractivity contribution is 0.0230. The molecule has 0 aliphatic carbocycles. The molecule has 12 nitrogen and oxygen atoms in total. The van der Waals surface area contributed by atoms with Gasteiger partial charge in [0.05, 0.1) is 12.2 Å². The van der Waals surface area contributed by atoms with Crippen molar-refractivity contribution < 1.29 is 38.8 Å². The molecule has 0 atom stereocenters. The molecule has 0 unspecified atom stereocenters. The van der Waals surface area contributed by atoms with Gasteiger partial charge in [0.2, 0.25) is 0 Å². The highest BCUT2D eigenvalue weighted by atomic mass is 16.6. The number of carbonyl (C=O) groups is 3. The van der Waals surface area contributed by atoms with Gasteiger partial charge < -0.3 is 44.0 Å². The van der Waals surface area contributed by atoms with Gasteiger partial charge in [-0.1, -0.05) is 54.6 Å². The van der Waals surface area contributed by atoms with E-state index in [1.54, 1.807) is 15.9 Å². The smallest absolute Gasteiger partial charge is 0.410 e. The van der Waals surface area contributed by atoms with Crippen LogP contribution in [-0.4, -0.2) is 123 Å². The zero-order valence-electron chi connectivity index (χ0n) is 34.3. The molecular weight excluding hydrogens is 723 g/mol. The Balaban J connectivity index is 0.000000221. The van der Waals surface area contributed by atoms with Crippen molar-refractivity contribution in [2.45, 2.75) is 72.2 Å². The molecule has 0 saturated carbocycles. The van der Waals surface area contributed by atoms with E-state index in [-0.39, 0.29) is 27.2 Å². The number of hydrogen-bond donors (Lipinski definition) is 2. The summed E-state index contributed by atoms with van der Waals surface area (Å²) in [6.45, 7) is 18.6. The number of anilines is 2. The molecule has 13 heteroatoms. The summed E-state index contributed by atoms with van der Waals surface area (Å²) in [5, 5.41) is 22.8. The SMILES string of the molecule is C1CCOC1.CC(C)(C)OC(=O)N1CCN(c2ccc(C(=O)O)c3ccccc23)CC1.CC(C)(C)OC(=O)N1CCN(c2ccc(CO)c3ccccc23)CC1.[B]. The van der Waals surface area contributed by atoms with Gasteiger partial charge in [0, 0.05) is 96.1 Å². The number of fused-ring (bicyclic) bond motifs is 2. The molecule has 3 radical (unpaired) electrons. The second-order valence-corrected chi connectivity index (χ2v) is 16.2. The number of carboxylic acid groups (broad SMARTS) is 1. The Bertz CT molecular complexity index is 1950. The Morgan fingerprint density at radius 1 is 0.596 bits per heavy atom. The first-order valence-electron chi connectivity index (χ1n) is 19.5. The summed E-state index contributed by atoms with van der Waals surface area (Å²) < 4.78 is 15.8. The first kappa shape index (κ1) is 44.7. The number of aromatic carboxylic acids is 1. The van der Waals surface area contributed by atoms with Gasteiger partial charge in [-0.2, -0.15) is 0 Å². The van der Waals surface area contributed by atoms with Crippen molar-refractivity contribution in [2.24, 2.45) is 0 Å². The third kappa shape index (κ3) is 12.2. The van der Waals surface area contributed by atoms with Crippen LogP contribution in [0.15, 0.2) is 72.8 Å². The average Bonchev–Trinajstić information content (AvgIpc) is 3.77. The third-order valence-corrected chi connectivity index (χ3v) is 9.66. The van der Waals surface area contributed by atoms with E-state index in [0.717, 1.165) is 64.8 Å². The zero-order chi connectivity index (χ0) is 40.5. The Kier molecular flexibility index (Phi) is 15.6. The summed E-state index contributed by atoms with van der Waals surface area (Å²) in [5.41, 5.74) is 2.41. The predicted octanol–water partition coefficient (Wildman–Crippen LogP) is 7.40. The van der Waals surface area contributed by atoms with Gasteiger partial charge in [-0.25, -0.2) is 14.4 Å². The minimum atomic E-state index is -0.928. The molecule has 2 amide bonds.